The molecule has 0 fully saturated rings. The summed E-state index contributed by atoms with van der Waals surface area (Å²) in [4.78, 5) is 26.6. The van der Waals surface area contributed by atoms with Crippen LogP contribution in [-0.4, -0.2) is 44.4 Å². The number of carbonyl (C=O) groups is 1. The predicted octanol–water partition coefficient (Wildman–Crippen LogP) is 4.25. The molecule has 0 aliphatic heterocycles. The van der Waals surface area contributed by atoms with Crippen molar-refractivity contribution in [2.75, 3.05) is 13.6 Å². The van der Waals surface area contributed by atoms with Crippen LogP contribution in [-0.2, 0) is 6.42 Å². The number of hydrogen-bond acceptors (Lipinski definition) is 4. The van der Waals surface area contributed by atoms with Crippen molar-refractivity contribution in [1.29, 1.82) is 0 Å². The van der Waals surface area contributed by atoms with Crippen LogP contribution in [0.5, 0.6) is 0 Å². The number of rotatable bonds is 9. The second-order valence-corrected chi connectivity index (χ2v) is 8.13. The van der Waals surface area contributed by atoms with Gasteiger partial charge in [-0.05, 0) is 67.8 Å². The summed E-state index contributed by atoms with van der Waals surface area (Å²) in [5.41, 5.74) is 3.26. The molecule has 0 aliphatic rings. The van der Waals surface area contributed by atoms with Crippen LogP contribution in [0, 0.1) is 5.82 Å². The van der Waals surface area contributed by atoms with E-state index in [1.54, 1.807) is 36.2 Å². The zero-order valence-electron chi connectivity index (χ0n) is 18.9. The fourth-order valence-electron chi connectivity index (χ4n) is 3.68. The molecule has 7 nitrogen and oxygen atoms in total. The van der Waals surface area contributed by atoms with Crippen molar-refractivity contribution >= 4 is 5.91 Å². The Balaban J connectivity index is 1.25. The third kappa shape index (κ3) is 5.64. The Bertz CT molecular complexity index is 1300. The number of halogens is 1. The number of carbonyl (C=O) groups excluding carboxylic acids is 1. The lowest BCUT2D eigenvalue weighted by atomic mass is 10.1. The topological polar surface area (TPSA) is 83.9 Å². The number of nitrogens with zero attached hydrogens (tertiary/aromatic N) is 4. The standard InChI is InChI=1S/C26H26FN5O2/c1-31(26(34)23-15-16-25(33)32(30-23)22-9-5-2-6-10-22)17-7-3-4-8-21-18-24(29-28-21)19-11-13-20(27)14-12-19/h2,5-6,9-16,18H,3-4,7-8,17H2,1H3,(H,28,29). The number of nitrogens with one attached hydrogen (secondary N) is 1. The van der Waals surface area contributed by atoms with E-state index in [0.29, 0.717) is 12.2 Å². The fourth-order valence-corrected chi connectivity index (χ4v) is 3.68. The quantitative estimate of drug-likeness (QED) is 0.380. The first-order valence-electron chi connectivity index (χ1n) is 11.2. The van der Waals surface area contributed by atoms with Gasteiger partial charge in [0.25, 0.3) is 11.5 Å². The molecule has 2 aromatic carbocycles. The number of aryl methyl sites for hydroxylation is 1. The van der Waals surface area contributed by atoms with Crippen molar-refractivity contribution in [1.82, 2.24) is 24.9 Å². The molecule has 34 heavy (non-hydrogen) atoms. The van der Waals surface area contributed by atoms with Gasteiger partial charge in [0.05, 0.1) is 11.4 Å². The summed E-state index contributed by atoms with van der Waals surface area (Å²) in [5.74, 6) is -0.487. The van der Waals surface area contributed by atoms with Gasteiger partial charge < -0.3 is 4.90 Å². The summed E-state index contributed by atoms with van der Waals surface area (Å²) in [5, 5.41) is 11.6. The number of hydrogen-bond donors (Lipinski definition) is 1. The number of H-pyrrole nitrogens is 1. The summed E-state index contributed by atoms with van der Waals surface area (Å²) >= 11 is 0. The lowest BCUT2D eigenvalue weighted by Crippen LogP contribution is -2.31. The summed E-state index contributed by atoms with van der Waals surface area (Å²) in [7, 11) is 1.74. The Morgan fingerprint density at radius 3 is 2.53 bits per heavy atom. The third-order valence-electron chi connectivity index (χ3n) is 5.58. The van der Waals surface area contributed by atoms with Crippen LogP contribution in [0.3, 0.4) is 0 Å². The Morgan fingerprint density at radius 1 is 1.00 bits per heavy atom. The van der Waals surface area contributed by atoms with Crippen LogP contribution in [0.15, 0.2) is 77.6 Å². The Labute approximate surface area is 196 Å². The van der Waals surface area contributed by atoms with E-state index in [2.05, 4.69) is 15.3 Å². The molecule has 1 N–H and O–H groups in total. The zero-order valence-corrected chi connectivity index (χ0v) is 18.9. The van der Waals surface area contributed by atoms with Crippen LogP contribution in [0.25, 0.3) is 16.9 Å². The molecule has 0 spiro atoms. The second-order valence-electron chi connectivity index (χ2n) is 8.13. The monoisotopic (exact) mass is 459 g/mol. The average molecular weight is 460 g/mol. The van der Waals surface area contributed by atoms with E-state index < -0.39 is 0 Å². The Hall–Kier alpha value is -4.07. The molecular formula is C26H26FN5O2. The summed E-state index contributed by atoms with van der Waals surface area (Å²) in [6.45, 7) is 0.592. The molecule has 0 radical (unpaired) electrons. The van der Waals surface area contributed by atoms with Gasteiger partial charge >= 0.3 is 0 Å². The molecule has 0 bridgehead atoms. The van der Waals surface area contributed by atoms with Crippen molar-refractivity contribution in [2.24, 2.45) is 0 Å². The van der Waals surface area contributed by atoms with Crippen LogP contribution < -0.4 is 5.56 Å². The number of benzene rings is 2. The molecule has 2 aromatic heterocycles. The maximum absolute atomic E-state index is 13.1. The van der Waals surface area contributed by atoms with Gasteiger partial charge in [0, 0.05) is 30.9 Å². The van der Waals surface area contributed by atoms with Gasteiger partial charge in [-0.2, -0.15) is 14.9 Å². The first-order chi connectivity index (χ1) is 16.5. The summed E-state index contributed by atoms with van der Waals surface area (Å²) < 4.78 is 14.3. The van der Waals surface area contributed by atoms with Gasteiger partial charge in [0.2, 0.25) is 0 Å². The highest BCUT2D eigenvalue weighted by atomic mass is 19.1. The van der Waals surface area contributed by atoms with E-state index >= 15 is 0 Å². The molecule has 2 heterocycles. The molecule has 4 aromatic rings. The van der Waals surface area contributed by atoms with Crippen molar-refractivity contribution in [2.45, 2.75) is 25.7 Å². The number of aromatic amines is 1. The number of amides is 1. The molecule has 0 saturated carbocycles. The van der Waals surface area contributed by atoms with E-state index in [1.807, 2.05) is 24.3 Å². The van der Waals surface area contributed by atoms with Gasteiger partial charge in [0.1, 0.15) is 11.5 Å². The van der Waals surface area contributed by atoms with Crippen LogP contribution in [0.1, 0.15) is 35.4 Å². The highest BCUT2D eigenvalue weighted by molar-refractivity contribution is 5.91. The van der Waals surface area contributed by atoms with E-state index in [4.69, 9.17) is 0 Å². The minimum atomic E-state index is -0.285. The van der Waals surface area contributed by atoms with E-state index in [9.17, 15) is 14.0 Å². The summed E-state index contributed by atoms with van der Waals surface area (Å²) in [6.07, 6.45) is 3.58. The largest absolute Gasteiger partial charge is 0.340 e. The van der Waals surface area contributed by atoms with Gasteiger partial charge in [-0.25, -0.2) is 4.39 Å². The lowest BCUT2D eigenvalue weighted by molar-refractivity contribution is 0.0784. The Kier molecular flexibility index (Phi) is 7.27. The molecule has 4 rings (SSSR count). The van der Waals surface area contributed by atoms with Crippen LogP contribution in [0.2, 0.25) is 0 Å². The highest BCUT2D eigenvalue weighted by Gasteiger charge is 2.15. The van der Waals surface area contributed by atoms with E-state index in [-0.39, 0.29) is 23.0 Å². The Morgan fingerprint density at radius 2 is 1.76 bits per heavy atom. The fraction of sp³-hybridized carbons (Fsp3) is 0.231. The van der Waals surface area contributed by atoms with Gasteiger partial charge in [0.15, 0.2) is 0 Å². The minimum absolute atomic E-state index is 0.220. The molecule has 0 saturated heterocycles. The first-order valence-corrected chi connectivity index (χ1v) is 11.2. The molecular weight excluding hydrogens is 433 g/mol. The average Bonchev–Trinajstić information content (AvgIpc) is 3.33. The normalized spacial score (nSPS) is 10.9. The molecule has 0 unspecified atom stereocenters. The molecule has 8 heteroatoms. The first kappa shape index (κ1) is 23.1. The van der Waals surface area contributed by atoms with Crippen LogP contribution in [0.4, 0.5) is 4.39 Å². The molecule has 174 valence electrons. The molecule has 1 amide bonds. The predicted molar refractivity (Wildman–Crippen MR) is 128 cm³/mol. The molecule has 0 atom stereocenters. The van der Waals surface area contributed by atoms with Crippen molar-refractivity contribution in [3.63, 3.8) is 0 Å². The van der Waals surface area contributed by atoms with Gasteiger partial charge in [-0.1, -0.05) is 24.6 Å². The van der Waals surface area contributed by atoms with Crippen molar-refractivity contribution in [3.05, 3.63) is 100 Å². The van der Waals surface area contributed by atoms with Crippen molar-refractivity contribution in [3.8, 4) is 16.9 Å². The van der Waals surface area contributed by atoms with E-state index in [0.717, 1.165) is 42.6 Å². The lowest BCUT2D eigenvalue weighted by Gasteiger charge is -2.17. The maximum atomic E-state index is 13.1. The van der Waals surface area contributed by atoms with Gasteiger partial charge in [-0.15, -0.1) is 0 Å². The van der Waals surface area contributed by atoms with Gasteiger partial charge in [-0.3, -0.25) is 14.7 Å². The smallest absolute Gasteiger partial charge is 0.274 e. The third-order valence-corrected chi connectivity index (χ3v) is 5.58. The number of aromatic nitrogens is 4. The maximum Gasteiger partial charge on any atom is 0.274 e. The number of para-hydroxylation sites is 1. The van der Waals surface area contributed by atoms with Crippen molar-refractivity contribution < 1.29 is 9.18 Å². The number of unbranched alkanes of at least 4 members (excludes halogenated alkanes) is 2. The summed E-state index contributed by atoms with van der Waals surface area (Å²) in [6, 6.07) is 20.1. The zero-order chi connectivity index (χ0) is 23.9. The molecule has 0 aliphatic carbocycles. The minimum Gasteiger partial charge on any atom is -0.340 e. The van der Waals surface area contributed by atoms with E-state index in [1.165, 1.54) is 28.9 Å². The SMILES string of the molecule is CN(CCCCCc1cc(-c2ccc(F)cc2)n[nH]1)C(=O)c1ccc(=O)n(-c2ccccc2)n1. The van der Waals surface area contributed by atoms with Crippen LogP contribution >= 0.6 is 0 Å². The highest BCUT2D eigenvalue weighted by Crippen LogP contribution is 2.19. The second kappa shape index (κ2) is 10.7.